The monoisotopic (exact) mass is 272 g/mol. The molecule has 0 aromatic carbocycles. The van der Waals surface area contributed by atoms with Gasteiger partial charge in [0.25, 0.3) is 0 Å². The number of esters is 1. The summed E-state index contributed by atoms with van der Waals surface area (Å²) in [6, 6.07) is 0. The van der Waals surface area contributed by atoms with Crippen LogP contribution in [0.15, 0.2) is 12.2 Å². The molecule has 0 aliphatic carbocycles. The van der Waals surface area contributed by atoms with Crippen molar-refractivity contribution < 1.29 is 23.9 Å². The zero-order chi connectivity index (χ0) is 14.9. The zero-order valence-electron chi connectivity index (χ0n) is 12.4. The topological polar surface area (TPSA) is 63.6 Å². The fraction of sp³-hybridized carbons (Fsp3) is 0.714. The average Bonchev–Trinajstić information content (AvgIpc) is 2.20. The number of ether oxygens (including phenoxy) is 1. The van der Waals surface area contributed by atoms with Crippen molar-refractivity contribution in [2.45, 2.75) is 38.7 Å². The average molecular weight is 272 g/mol. The Morgan fingerprint density at radius 3 is 2.37 bits per heavy atom. The van der Waals surface area contributed by atoms with E-state index in [1.54, 1.807) is 6.08 Å². The number of allylic oxidation sites excluding steroid dienone is 1. The molecule has 1 atom stereocenters. The summed E-state index contributed by atoms with van der Waals surface area (Å²) in [5.41, 5.74) is 0. The molecule has 0 aromatic heterocycles. The molecule has 5 nitrogen and oxygen atoms in total. The van der Waals surface area contributed by atoms with Gasteiger partial charge < -0.3 is 14.3 Å². The van der Waals surface area contributed by atoms with Crippen molar-refractivity contribution in [3.63, 3.8) is 0 Å². The van der Waals surface area contributed by atoms with Gasteiger partial charge in [0.2, 0.25) is 0 Å². The number of carbonyl (C=O) groups is 2. The quantitative estimate of drug-likeness (QED) is 0.395. The van der Waals surface area contributed by atoms with Crippen LogP contribution >= 0.6 is 0 Å². The van der Waals surface area contributed by atoms with Crippen LogP contribution in [0.25, 0.3) is 0 Å². The molecule has 1 unspecified atom stereocenters. The molecular weight excluding hydrogens is 246 g/mol. The number of hydrogen-bond acceptors (Lipinski definition) is 3. The van der Waals surface area contributed by atoms with E-state index in [0.717, 1.165) is 12.8 Å². The van der Waals surface area contributed by atoms with E-state index in [1.165, 1.54) is 0 Å². The van der Waals surface area contributed by atoms with Gasteiger partial charge in [-0.2, -0.15) is 0 Å². The number of unbranched alkanes of at least 4 members (excludes halogenated alkanes) is 1. The number of carboxylic acids is 1. The molecule has 110 valence electrons. The molecule has 0 fully saturated rings. The van der Waals surface area contributed by atoms with Gasteiger partial charge in [-0.15, -0.1) is 0 Å². The Bertz CT molecular complexity index is 318. The SMILES string of the molecule is CCC/C=C/CC(=O)OC(CC(=O)O)C[N+](C)(C)C. The number of carboxylic acid groups (broad SMARTS) is 1. The van der Waals surface area contributed by atoms with Crippen LogP contribution in [0.1, 0.15) is 32.6 Å². The highest BCUT2D eigenvalue weighted by molar-refractivity contribution is 5.72. The first-order valence-electron chi connectivity index (χ1n) is 6.61. The molecule has 0 aliphatic rings. The first-order valence-corrected chi connectivity index (χ1v) is 6.61. The minimum absolute atomic E-state index is 0.153. The van der Waals surface area contributed by atoms with Crippen molar-refractivity contribution in [3.8, 4) is 0 Å². The number of quaternary nitrogens is 1. The van der Waals surface area contributed by atoms with E-state index < -0.39 is 12.1 Å². The summed E-state index contributed by atoms with van der Waals surface area (Å²) < 4.78 is 5.78. The number of likely N-dealkylation sites (N-methyl/N-ethyl adjacent to an activating group) is 1. The van der Waals surface area contributed by atoms with Gasteiger partial charge in [-0.1, -0.05) is 25.5 Å². The second-order valence-corrected chi connectivity index (χ2v) is 5.65. The summed E-state index contributed by atoms with van der Waals surface area (Å²) in [5.74, 6) is -1.32. The summed E-state index contributed by atoms with van der Waals surface area (Å²) in [6.07, 6.45) is 5.15. The molecule has 0 radical (unpaired) electrons. The fourth-order valence-corrected chi connectivity index (χ4v) is 1.65. The minimum Gasteiger partial charge on any atom is -0.481 e. The Morgan fingerprint density at radius 2 is 1.89 bits per heavy atom. The lowest BCUT2D eigenvalue weighted by molar-refractivity contribution is -0.873. The van der Waals surface area contributed by atoms with Gasteiger partial charge in [-0.05, 0) is 6.42 Å². The van der Waals surface area contributed by atoms with E-state index in [0.29, 0.717) is 11.0 Å². The van der Waals surface area contributed by atoms with Crippen LogP contribution in [0.2, 0.25) is 0 Å². The second-order valence-electron chi connectivity index (χ2n) is 5.65. The molecule has 5 heteroatoms. The second kappa shape index (κ2) is 8.69. The minimum atomic E-state index is -0.951. The maximum atomic E-state index is 11.6. The third-order valence-corrected chi connectivity index (χ3v) is 2.36. The summed E-state index contributed by atoms with van der Waals surface area (Å²) in [7, 11) is 5.80. The standard InChI is InChI=1S/C14H25NO4/c1-5-6-7-8-9-14(18)19-12(10-13(16)17)11-15(2,3)4/h7-8,12H,5-6,9-11H2,1-4H3/p+1/b8-7+. The highest BCUT2D eigenvalue weighted by Crippen LogP contribution is 2.07. The number of nitrogens with zero attached hydrogens (tertiary/aromatic N) is 1. The van der Waals surface area contributed by atoms with E-state index in [4.69, 9.17) is 9.84 Å². The first-order chi connectivity index (χ1) is 8.74. The molecule has 0 amide bonds. The summed E-state index contributed by atoms with van der Waals surface area (Å²) >= 11 is 0. The maximum absolute atomic E-state index is 11.6. The van der Waals surface area contributed by atoms with Crippen molar-refractivity contribution in [2.75, 3.05) is 27.7 Å². The van der Waals surface area contributed by atoms with Crippen LogP contribution in [-0.2, 0) is 14.3 Å². The molecule has 0 aromatic rings. The zero-order valence-corrected chi connectivity index (χ0v) is 12.4. The number of aliphatic carboxylic acids is 1. The molecule has 19 heavy (non-hydrogen) atoms. The van der Waals surface area contributed by atoms with E-state index in [-0.39, 0.29) is 18.8 Å². The van der Waals surface area contributed by atoms with Gasteiger partial charge >= 0.3 is 11.9 Å². The predicted octanol–water partition coefficient (Wildman–Crippen LogP) is 1.83. The molecule has 0 aliphatic heterocycles. The molecule has 0 heterocycles. The Labute approximate surface area is 115 Å². The lowest BCUT2D eigenvalue weighted by atomic mass is 10.2. The van der Waals surface area contributed by atoms with Gasteiger partial charge in [0.1, 0.15) is 6.54 Å². The fourth-order valence-electron chi connectivity index (χ4n) is 1.65. The van der Waals surface area contributed by atoms with Crippen molar-refractivity contribution in [2.24, 2.45) is 0 Å². The first kappa shape index (κ1) is 17.6. The lowest BCUT2D eigenvalue weighted by Gasteiger charge is -2.28. The van der Waals surface area contributed by atoms with E-state index in [2.05, 4.69) is 6.92 Å². The summed E-state index contributed by atoms with van der Waals surface area (Å²) in [5, 5.41) is 8.83. The summed E-state index contributed by atoms with van der Waals surface area (Å²) in [6.45, 7) is 2.55. The van der Waals surface area contributed by atoms with E-state index in [1.807, 2.05) is 27.2 Å². The molecule has 1 N–H and O–H groups in total. The Hall–Kier alpha value is -1.36. The van der Waals surface area contributed by atoms with Gasteiger partial charge in [0.15, 0.2) is 6.10 Å². The third kappa shape index (κ3) is 11.5. The largest absolute Gasteiger partial charge is 0.481 e. The van der Waals surface area contributed by atoms with E-state index >= 15 is 0 Å². The molecule has 0 saturated heterocycles. The maximum Gasteiger partial charge on any atom is 0.310 e. The van der Waals surface area contributed by atoms with Gasteiger partial charge in [-0.3, -0.25) is 9.59 Å². The third-order valence-electron chi connectivity index (χ3n) is 2.36. The van der Waals surface area contributed by atoms with Crippen molar-refractivity contribution in [1.29, 1.82) is 0 Å². The smallest absolute Gasteiger partial charge is 0.310 e. The number of hydrogen-bond donors (Lipinski definition) is 1. The highest BCUT2D eigenvalue weighted by atomic mass is 16.5. The highest BCUT2D eigenvalue weighted by Gasteiger charge is 2.24. The summed E-state index contributed by atoms with van der Waals surface area (Å²) in [4.78, 5) is 22.4. The van der Waals surface area contributed by atoms with Gasteiger partial charge in [0, 0.05) is 0 Å². The van der Waals surface area contributed by atoms with Crippen LogP contribution in [0.4, 0.5) is 0 Å². The van der Waals surface area contributed by atoms with Crippen LogP contribution < -0.4 is 0 Å². The van der Waals surface area contributed by atoms with Crippen molar-refractivity contribution >= 4 is 11.9 Å². The normalized spacial score (nSPS) is 13.5. The Kier molecular flexibility index (Phi) is 8.07. The van der Waals surface area contributed by atoms with Crippen LogP contribution in [0, 0.1) is 0 Å². The number of rotatable bonds is 9. The van der Waals surface area contributed by atoms with Crippen molar-refractivity contribution in [3.05, 3.63) is 12.2 Å². The van der Waals surface area contributed by atoms with Crippen molar-refractivity contribution in [1.82, 2.24) is 0 Å². The Balaban J connectivity index is 4.30. The number of carbonyl (C=O) groups excluding carboxylic acids is 1. The lowest BCUT2D eigenvalue weighted by Crippen LogP contribution is -2.43. The van der Waals surface area contributed by atoms with E-state index in [9.17, 15) is 9.59 Å². The molecule has 0 rings (SSSR count). The van der Waals surface area contributed by atoms with Crippen LogP contribution in [0.5, 0.6) is 0 Å². The predicted molar refractivity (Wildman–Crippen MR) is 73.7 cm³/mol. The molecule has 0 spiro atoms. The van der Waals surface area contributed by atoms with Gasteiger partial charge in [-0.25, -0.2) is 0 Å². The Morgan fingerprint density at radius 1 is 1.26 bits per heavy atom. The molecular formula is C14H26NO4+. The molecule has 0 bridgehead atoms. The van der Waals surface area contributed by atoms with Crippen LogP contribution in [0.3, 0.4) is 0 Å². The van der Waals surface area contributed by atoms with Crippen LogP contribution in [-0.4, -0.2) is 55.3 Å². The van der Waals surface area contributed by atoms with Gasteiger partial charge in [0.05, 0.1) is 34.0 Å². The molecule has 0 saturated carbocycles.